The Hall–Kier alpha value is -3.65. The third-order valence-electron chi connectivity index (χ3n) is 6.11. The number of hydrogen-bond acceptors (Lipinski definition) is 7. The molecule has 34 heavy (non-hydrogen) atoms. The molecule has 0 bridgehead atoms. The maximum Gasteiger partial charge on any atom is 0.221 e. The van der Waals surface area contributed by atoms with Crippen LogP contribution in [0.15, 0.2) is 61.1 Å². The number of anilines is 4. The fourth-order valence-corrected chi connectivity index (χ4v) is 4.15. The van der Waals surface area contributed by atoms with Gasteiger partial charge in [-0.1, -0.05) is 6.07 Å². The van der Waals surface area contributed by atoms with Gasteiger partial charge in [0.25, 0.3) is 0 Å². The highest BCUT2D eigenvalue weighted by atomic mass is 16.1. The molecule has 1 aliphatic rings. The zero-order chi connectivity index (χ0) is 23.9. The second kappa shape index (κ2) is 11.0. The van der Waals surface area contributed by atoms with Crippen molar-refractivity contribution < 1.29 is 4.79 Å². The van der Waals surface area contributed by atoms with E-state index in [1.807, 2.05) is 24.4 Å². The van der Waals surface area contributed by atoms with Crippen molar-refractivity contribution in [2.75, 3.05) is 41.7 Å². The van der Waals surface area contributed by atoms with E-state index in [1.165, 1.54) is 5.69 Å². The molecule has 0 spiro atoms. The van der Waals surface area contributed by atoms with Gasteiger partial charge in [0.15, 0.2) is 0 Å². The number of benzene rings is 1. The quantitative estimate of drug-likeness (QED) is 0.451. The van der Waals surface area contributed by atoms with Crippen LogP contribution in [-0.4, -0.2) is 53.0 Å². The summed E-state index contributed by atoms with van der Waals surface area (Å²) < 4.78 is 0. The number of nitrogens with zero attached hydrogens (tertiary/aromatic N) is 4. The zero-order valence-electron chi connectivity index (χ0n) is 19.9. The molecule has 0 radical (unpaired) electrons. The average molecular weight is 460 g/mol. The van der Waals surface area contributed by atoms with E-state index in [1.54, 1.807) is 12.4 Å². The van der Waals surface area contributed by atoms with Crippen LogP contribution < -0.4 is 21.3 Å². The lowest BCUT2D eigenvalue weighted by molar-refractivity contribution is -0.117. The summed E-state index contributed by atoms with van der Waals surface area (Å²) in [4.78, 5) is 25.1. The number of nitrogens with two attached hydrogens (primary N) is 1. The minimum absolute atomic E-state index is 0.126. The first-order valence-electron chi connectivity index (χ1n) is 11.7. The molecule has 2 aromatic heterocycles. The van der Waals surface area contributed by atoms with E-state index in [4.69, 9.17) is 5.73 Å². The standard InChI is InChI=1S/C26H33N7O/c1-19(2)32-10-12-33(13-11-32)23-7-5-22(6-8-23)31-26-15-24(21(18-30-26)14-25(27)34)29-17-20-4-3-9-28-16-20/h3-9,15-16,18-19H,10-14,17H2,1-2H3,(H2,27,34)(H2,29,30,31). The summed E-state index contributed by atoms with van der Waals surface area (Å²) in [7, 11) is 0. The molecule has 0 atom stereocenters. The van der Waals surface area contributed by atoms with Crippen molar-refractivity contribution in [3.8, 4) is 0 Å². The van der Waals surface area contributed by atoms with Gasteiger partial charge >= 0.3 is 0 Å². The monoisotopic (exact) mass is 459 g/mol. The van der Waals surface area contributed by atoms with Crippen LogP contribution in [0, 0.1) is 0 Å². The van der Waals surface area contributed by atoms with Gasteiger partial charge in [0.05, 0.1) is 6.42 Å². The molecule has 3 heterocycles. The van der Waals surface area contributed by atoms with E-state index in [0.717, 1.165) is 48.7 Å². The maximum absolute atomic E-state index is 11.5. The number of primary amides is 1. The SMILES string of the molecule is CC(C)N1CCN(c2ccc(Nc3cc(NCc4cccnc4)c(CC(N)=O)cn3)cc2)CC1. The van der Waals surface area contributed by atoms with Crippen LogP contribution in [0.4, 0.5) is 22.9 Å². The zero-order valence-corrected chi connectivity index (χ0v) is 19.9. The van der Waals surface area contributed by atoms with Crippen molar-refractivity contribution in [1.82, 2.24) is 14.9 Å². The average Bonchev–Trinajstić information content (AvgIpc) is 2.85. The van der Waals surface area contributed by atoms with Crippen LogP contribution in [0.25, 0.3) is 0 Å². The third-order valence-corrected chi connectivity index (χ3v) is 6.11. The largest absolute Gasteiger partial charge is 0.381 e. The second-order valence-electron chi connectivity index (χ2n) is 8.87. The van der Waals surface area contributed by atoms with Gasteiger partial charge in [-0.3, -0.25) is 14.7 Å². The van der Waals surface area contributed by atoms with Crippen LogP contribution >= 0.6 is 0 Å². The first-order chi connectivity index (χ1) is 16.5. The molecule has 3 aromatic rings. The van der Waals surface area contributed by atoms with Crippen LogP contribution in [-0.2, 0) is 17.8 Å². The molecule has 0 unspecified atom stereocenters. The number of pyridine rings is 2. The van der Waals surface area contributed by atoms with Gasteiger partial charge in [0, 0.05) is 86.0 Å². The molecule has 1 fully saturated rings. The molecular weight excluding hydrogens is 426 g/mol. The molecule has 1 aliphatic heterocycles. The Morgan fingerprint density at radius 2 is 1.85 bits per heavy atom. The molecular formula is C26H33N7O. The Morgan fingerprint density at radius 3 is 2.50 bits per heavy atom. The van der Waals surface area contributed by atoms with Crippen molar-refractivity contribution >= 4 is 28.8 Å². The highest BCUT2D eigenvalue weighted by Crippen LogP contribution is 2.25. The molecule has 8 heteroatoms. The van der Waals surface area contributed by atoms with E-state index in [2.05, 4.69) is 68.5 Å². The van der Waals surface area contributed by atoms with Crippen molar-refractivity contribution in [3.63, 3.8) is 0 Å². The van der Waals surface area contributed by atoms with E-state index >= 15 is 0 Å². The van der Waals surface area contributed by atoms with Crippen molar-refractivity contribution in [3.05, 3.63) is 72.2 Å². The van der Waals surface area contributed by atoms with Gasteiger partial charge in [-0.15, -0.1) is 0 Å². The minimum atomic E-state index is -0.392. The Labute approximate surface area is 201 Å². The van der Waals surface area contributed by atoms with Crippen molar-refractivity contribution in [2.45, 2.75) is 32.9 Å². The fourth-order valence-electron chi connectivity index (χ4n) is 4.15. The number of aromatic nitrogens is 2. The summed E-state index contributed by atoms with van der Waals surface area (Å²) in [5.74, 6) is 0.303. The van der Waals surface area contributed by atoms with Crippen LogP contribution in [0.2, 0.25) is 0 Å². The van der Waals surface area contributed by atoms with Crippen molar-refractivity contribution in [1.29, 1.82) is 0 Å². The first kappa shape index (κ1) is 23.5. The van der Waals surface area contributed by atoms with Crippen LogP contribution in [0.3, 0.4) is 0 Å². The number of amides is 1. The van der Waals surface area contributed by atoms with E-state index in [0.29, 0.717) is 18.4 Å². The number of nitrogens with one attached hydrogen (secondary N) is 2. The summed E-state index contributed by atoms with van der Waals surface area (Å²) in [6.07, 6.45) is 5.38. The smallest absolute Gasteiger partial charge is 0.221 e. The lowest BCUT2D eigenvalue weighted by Crippen LogP contribution is -2.48. The normalized spacial score (nSPS) is 14.3. The van der Waals surface area contributed by atoms with E-state index < -0.39 is 5.91 Å². The summed E-state index contributed by atoms with van der Waals surface area (Å²) in [5, 5.41) is 6.75. The molecule has 1 amide bonds. The van der Waals surface area contributed by atoms with Gasteiger partial charge < -0.3 is 21.3 Å². The molecule has 8 nitrogen and oxygen atoms in total. The lowest BCUT2D eigenvalue weighted by atomic mass is 10.1. The van der Waals surface area contributed by atoms with E-state index in [-0.39, 0.29) is 6.42 Å². The Balaban J connectivity index is 1.43. The molecule has 4 N–H and O–H groups in total. The van der Waals surface area contributed by atoms with E-state index in [9.17, 15) is 4.79 Å². The Kier molecular flexibility index (Phi) is 7.59. The van der Waals surface area contributed by atoms with Crippen LogP contribution in [0.1, 0.15) is 25.0 Å². The highest BCUT2D eigenvalue weighted by molar-refractivity contribution is 5.79. The molecule has 0 saturated carbocycles. The van der Waals surface area contributed by atoms with Crippen molar-refractivity contribution in [2.24, 2.45) is 5.73 Å². The van der Waals surface area contributed by atoms with Gasteiger partial charge in [0.1, 0.15) is 5.82 Å². The predicted molar refractivity (Wildman–Crippen MR) is 137 cm³/mol. The molecule has 1 aromatic carbocycles. The molecule has 0 aliphatic carbocycles. The second-order valence-corrected chi connectivity index (χ2v) is 8.87. The third kappa shape index (κ3) is 6.23. The van der Waals surface area contributed by atoms with Gasteiger partial charge in [-0.05, 0) is 49.7 Å². The molecule has 1 saturated heterocycles. The predicted octanol–water partition coefficient (Wildman–Crippen LogP) is 3.39. The molecule has 4 rings (SSSR count). The lowest BCUT2D eigenvalue weighted by Gasteiger charge is -2.38. The number of piperazine rings is 1. The number of carbonyl (C=O) groups is 1. The summed E-state index contributed by atoms with van der Waals surface area (Å²) in [5.41, 5.74) is 10.2. The summed E-state index contributed by atoms with van der Waals surface area (Å²) in [6, 6.07) is 14.9. The minimum Gasteiger partial charge on any atom is -0.381 e. The van der Waals surface area contributed by atoms with Gasteiger partial charge in [-0.25, -0.2) is 4.98 Å². The van der Waals surface area contributed by atoms with Crippen LogP contribution in [0.5, 0.6) is 0 Å². The maximum atomic E-state index is 11.5. The molecule has 178 valence electrons. The number of hydrogen-bond donors (Lipinski definition) is 3. The topological polar surface area (TPSA) is 99.4 Å². The first-order valence-corrected chi connectivity index (χ1v) is 11.7. The summed E-state index contributed by atoms with van der Waals surface area (Å²) >= 11 is 0. The van der Waals surface area contributed by atoms with Gasteiger partial charge in [0.2, 0.25) is 5.91 Å². The fraction of sp³-hybridized carbons (Fsp3) is 0.346. The Morgan fingerprint density at radius 1 is 1.09 bits per heavy atom. The highest BCUT2D eigenvalue weighted by Gasteiger charge is 2.19. The Bertz CT molecular complexity index is 1080. The summed E-state index contributed by atoms with van der Waals surface area (Å²) in [6.45, 7) is 9.36. The number of rotatable bonds is 9. The number of carbonyl (C=O) groups excluding carboxylic acids is 1. The van der Waals surface area contributed by atoms with Gasteiger partial charge in [-0.2, -0.15) is 0 Å².